The van der Waals surface area contributed by atoms with Crippen LogP contribution < -0.4 is 10.8 Å². The third-order valence-corrected chi connectivity index (χ3v) is 2.62. The zero-order valence-electron chi connectivity index (χ0n) is 10.6. The van der Waals surface area contributed by atoms with E-state index in [2.05, 4.69) is 5.32 Å². The Morgan fingerprint density at radius 2 is 1.88 bits per heavy atom. The molecule has 1 aromatic rings. The summed E-state index contributed by atoms with van der Waals surface area (Å²) >= 11 is 0. The maximum Gasteiger partial charge on any atom is 0.323 e. The number of carbonyl (C=O) groups is 1. The molecule has 3 nitrogen and oxygen atoms in total. The van der Waals surface area contributed by atoms with Gasteiger partial charge in [-0.25, -0.2) is 0 Å². The summed E-state index contributed by atoms with van der Waals surface area (Å²) in [5.41, 5.74) is 1.69. The molecule has 0 saturated carbocycles. The van der Waals surface area contributed by atoms with Crippen LogP contribution in [-0.4, -0.2) is 17.8 Å². The Bertz CT molecular complexity index is 351. The maximum atomic E-state index is 11.4. The van der Waals surface area contributed by atoms with Crippen LogP contribution in [0.3, 0.4) is 0 Å². The molecule has 0 radical (unpaired) electrons. The van der Waals surface area contributed by atoms with Gasteiger partial charge in [0.05, 0.1) is 0 Å². The highest BCUT2D eigenvalue weighted by Crippen LogP contribution is 2.06. The number of rotatable bonds is 6. The highest BCUT2D eigenvalue weighted by atomic mass is 16.2. The van der Waals surface area contributed by atoms with Gasteiger partial charge in [-0.05, 0) is 30.3 Å². The molecule has 1 aromatic carbocycles. The molecule has 4 heteroatoms. The monoisotopic (exact) mass is 233 g/mol. The molecule has 0 aliphatic carbocycles. The van der Waals surface area contributed by atoms with Gasteiger partial charge in [-0.1, -0.05) is 32.4 Å². The van der Waals surface area contributed by atoms with Crippen LogP contribution in [0, 0.1) is 0 Å². The molecule has 2 N–H and O–H groups in total. The van der Waals surface area contributed by atoms with Gasteiger partial charge in [0.2, 0.25) is 5.91 Å². The zero-order valence-corrected chi connectivity index (χ0v) is 10.6. The predicted molar refractivity (Wildman–Crippen MR) is 72.7 cm³/mol. The van der Waals surface area contributed by atoms with Gasteiger partial charge in [-0.15, -0.1) is 0 Å². The number of hydrogen-bond acceptors (Lipinski definition) is 2. The highest BCUT2D eigenvalue weighted by molar-refractivity contribution is 6.66. The summed E-state index contributed by atoms with van der Waals surface area (Å²) in [7, 11) is 0. The van der Waals surface area contributed by atoms with Crippen molar-refractivity contribution in [3.63, 3.8) is 0 Å². The Kier molecular flexibility index (Phi) is 5.77. The molecule has 0 aliphatic rings. The molecule has 1 rings (SSSR count). The van der Waals surface area contributed by atoms with Crippen molar-refractivity contribution in [3.8, 4) is 0 Å². The van der Waals surface area contributed by atoms with E-state index in [4.69, 9.17) is 0 Å². The lowest BCUT2D eigenvalue weighted by molar-refractivity contribution is -0.116. The van der Waals surface area contributed by atoms with Crippen LogP contribution in [0.1, 0.15) is 33.1 Å². The fourth-order valence-electron chi connectivity index (χ4n) is 1.68. The lowest BCUT2D eigenvalue weighted by Gasteiger charge is -2.08. The van der Waals surface area contributed by atoms with Crippen LogP contribution in [-0.2, 0) is 4.79 Å². The minimum Gasteiger partial charge on any atom is -0.446 e. The van der Waals surface area contributed by atoms with E-state index in [0.29, 0.717) is 6.42 Å². The van der Waals surface area contributed by atoms with Gasteiger partial charge >= 0.3 is 6.92 Å². The fraction of sp³-hybridized carbons (Fsp3) is 0.462. The molecule has 0 spiro atoms. The highest BCUT2D eigenvalue weighted by Gasteiger charge is 2.12. The molecule has 0 aromatic heterocycles. The Morgan fingerprint density at radius 3 is 2.41 bits per heavy atom. The van der Waals surface area contributed by atoms with Crippen molar-refractivity contribution >= 4 is 24.0 Å². The summed E-state index contributed by atoms with van der Waals surface area (Å²) in [5, 5.41) is 12.6. The number of amides is 1. The molecule has 0 fully saturated rings. The molecule has 17 heavy (non-hydrogen) atoms. The van der Waals surface area contributed by atoms with Crippen LogP contribution >= 0.6 is 0 Å². The van der Waals surface area contributed by atoms with Gasteiger partial charge in [-0.3, -0.25) is 4.79 Å². The summed E-state index contributed by atoms with van der Waals surface area (Å²) in [5.74, 6) is 0.0364. The second-order valence-electron chi connectivity index (χ2n) is 4.22. The van der Waals surface area contributed by atoms with Gasteiger partial charge in [0.15, 0.2) is 0 Å². The van der Waals surface area contributed by atoms with Gasteiger partial charge in [-0.2, -0.15) is 0 Å². The predicted octanol–water partition coefficient (Wildman–Crippen LogP) is 2.03. The molecule has 0 saturated heterocycles. The Hall–Kier alpha value is -1.29. The summed E-state index contributed by atoms with van der Waals surface area (Å²) in [6.45, 7) is 3.62. The molecule has 0 heterocycles. The van der Waals surface area contributed by atoms with Gasteiger partial charge < -0.3 is 10.3 Å². The van der Waals surface area contributed by atoms with Crippen molar-refractivity contribution in [1.82, 2.24) is 0 Å². The standard InChI is InChI=1S/C13H20BNO2/c1-3-5-13(16)15-12-8-6-11(7-9-12)14(17)10-4-2/h6-9,17H,3-5,10H2,1-2H3,(H,15,16). The quantitative estimate of drug-likeness (QED) is 0.738. The fourth-order valence-corrected chi connectivity index (χ4v) is 1.68. The average molecular weight is 233 g/mol. The number of anilines is 1. The van der Waals surface area contributed by atoms with E-state index in [1.165, 1.54) is 0 Å². The molecule has 0 bridgehead atoms. The smallest absolute Gasteiger partial charge is 0.323 e. The first-order chi connectivity index (χ1) is 8.17. The lowest BCUT2D eigenvalue weighted by atomic mass is 9.58. The van der Waals surface area contributed by atoms with Crippen molar-refractivity contribution in [2.24, 2.45) is 0 Å². The summed E-state index contributed by atoms with van der Waals surface area (Å²) < 4.78 is 0. The molecule has 1 amide bonds. The van der Waals surface area contributed by atoms with Gasteiger partial charge in [0, 0.05) is 12.1 Å². The van der Waals surface area contributed by atoms with E-state index >= 15 is 0 Å². The third-order valence-electron chi connectivity index (χ3n) is 2.62. The molecule has 0 atom stereocenters. The number of nitrogens with one attached hydrogen (secondary N) is 1. The second-order valence-corrected chi connectivity index (χ2v) is 4.22. The number of carbonyl (C=O) groups excluding carboxylic acids is 1. The van der Waals surface area contributed by atoms with Crippen molar-refractivity contribution in [2.75, 3.05) is 5.32 Å². The van der Waals surface area contributed by atoms with Crippen molar-refractivity contribution in [1.29, 1.82) is 0 Å². The Labute approximate surface area is 103 Å². The number of hydrogen-bond donors (Lipinski definition) is 2. The summed E-state index contributed by atoms with van der Waals surface area (Å²) in [6.07, 6.45) is 3.11. The molecular formula is C13H20BNO2. The SMILES string of the molecule is CCCB(O)c1ccc(NC(=O)CCC)cc1. The van der Waals surface area contributed by atoms with Gasteiger partial charge in [0.25, 0.3) is 0 Å². The van der Waals surface area contributed by atoms with Crippen molar-refractivity contribution in [3.05, 3.63) is 24.3 Å². The molecular weight excluding hydrogens is 213 g/mol. The van der Waals surface area contributed by atoms with Gasteiger partial charge in [0.1, 0.15) is 0 Å². The van der Waals surface area contributed by atoms with E-state index in [9.17, 15) is 9.82 Å². The van der Waals surface area contributed by atoms with E-state index in [-0.39, 0.29) is 5.91 Å². The molecule has 92 valence electrons. The van der Waals surface area contributed by atoms with E-state index in [1.807, 2.05) is 38.1 Å². The second kappa shape index (κ2) is 7.12. The largest absolute Gasteiger partial charge is 0.446 e. The summed E-state index contributed by atoms with van der Waals surface area (Å²) in [4.78, 5) is 11.4. The Morgan fingerprint density at radius 1 is 1.24 bits per heavy atom. The van der Waals surface area contributed by atoms with Crippen LogP contribution in [0.4, 0.5) is 5.69 Å². The van der Waals surface area contributed by atoms with Crippen LogP contribution in [0.5, 0.6) is 0 Å². The van der Waals surface area contributed by atoms with E-state index in [1.54, 1.807) is 0 Å². The third kappa shape index (κ3) is 4.61. The van der Waals surface area contributed by atoms with Crippen LogP contribution in [0.2, 0.25) is 6.32 Å². The topological polar surface area (TPSA) is 49.3 Å². The van der Waals surface area contributed by atoms with Crippen molar-refractivity contribution < 1.29 is 9.82 Å². The van der Waals surface area contributed by atoms with Crippen LogP contribution in [0.15, 0.2) is 24.3 Å². The minimum absolute atomic E-state index is 0.0364. The molecule has 0 aliphatic heterocycles. The summed E-state index contributed by atoms with van der Waals surface area (Å²) in [6, 6.07) is 7.40. The number of benzene rings is 1. The first kappa shape index (κ1) is 13.8. The minimum atomic E-state index is -0.402. The van der Waals surface area contributed by atoms with E-state index in [0.717, 1.165) is 30.3 Å². The maximum absolute atomic E-state index is 11.4. The Balaban J connectivity index is 2.58. The van der Waals surface area contributed by atoms with E-state index < -0.39 is 6.92 Å². The first-order valence-electron chi connectivity index (χ1n) is 6.25. The zero-order chi connectivity index (χ0) is 12.7. The van der Waals surface area contributed by atoms with Crippen molar-refractivity contribution in [2.45, 2.75) is 39.4 Å². The lowest BCUT2D eigenvalue weighted by Crippen LogP contribution is -2.29. The average Bonchev–Trinajstić information content (AvgIpc) is 2.30. The molecule has 0 unspecified atom stereocenters. The van der Waals surface area contributed by atoms with Crippen LogP contribution in [0.25, 0.3) is 0 Å². The normalized spacial score (nSPS) is 10.1. The first-order valence-corrected chi connectivity index (χ1v) is 6.25.